The topological polar surface area (TPSA) is 18.5 Å². The summed E-state index contributed by atoms with van der Waals surface area (Å²) in [5.41, 5.74) is 3.08. The van der Waals surface area contributed by atoms with Crippen LogP contribution in [0.1, 0.15) is 12.8 Å². The van der Waals surface area contributed by atoms with Crippen molar-refractivity contribution in [3.8, 4) is 0 Å². The number of hydrazine groups is 1. The Hall–Kier alpha value is -0.350. The zero-order chi connectivity index (χ0) is 7.14. The van der Waals surface area contributed by atoms with E-state index in [1.807, 2.05) is 12.1 Å². The molecule has 0 aromatic rings. The van der Waals surface area contributed by atoms with E-state index in [1.54, 1.807) is 0 Å². The molecular formula is C6H11N3S. The van der Waals surface area contributed by atoms with Gasteiger partial charge in [-0.1, -0.05) is 0 Å². The lowest BCUT2D eigenvalue weighted by atomic mass is 10.6. The van der Waals surface area contributed by atoms with E-state index in [1.165, 1.54) is 12.8 Å². The molecule has 0 spiro atoms. The zero-order valence-electron chi connectivity index (χ0n) is 6.00. The summed E-state index contributed by atoms with van der Waals surface area (Å²) in [6.07, 6.45) is 2.63. The smallest absolute Gasteiger partial charge is 0.185 e. The van der Waals surface area contributed by atoms with Crippen molar-refractivity contribution in [1.29, 1.82) is 0 Å². The first-order valence-electron chi connectivity index (χ1n) is 3.56. The van der Waals surface area contributed by atoms with Crippen molar-refractivity contribution < 1.29 is 0 Å². The van der Waals surface area contributed by atoms with Crippen LogP contribution >= 0.6 is 12.2 Å². The normalized spacial score (nSPS) is 27.3. The lowest BCUT2D eigenvalue weighted by Crippen LogP contribution is -2.30. The van der Waals surface area contributed by atoms with E-state index in [9.17, 15) is 0 Å². The van der Waals surface area contributed by atoms with Crippen molar-refractivity contribution in [2.75, 3.05) is 13.7 Å². The molecule has 56 valence electrons. The van der Waals surface area contributed by atoms with Gasteiger partial charge in [-0.2, -0.15) is 0 Å². The average molecular weight is 157 g/mol. The fraction of sp³-hybridized carbons (Fsp3) is 0.833. The maximum atomic E-state index is 5.11. The minimum absolute atomic E-state index is 0.741. The first kappa shape index (κ1) is 6.37. The fourth-order valence-corrected chi connectivity index (χ4v) is 1.59. The van der Waals surface area contributed by atoms with E-state index >= 15 is 0 Å². The van der Waals surface area contributed by atoms with E-state index in [-0.39, 0.29) is 0 Å². The Balaban J connectivity index is 2.01. The molecule has 0 bridgehead atoms. The summed E-state index contributed by atoms with van der Waals surface area (Å²) < 4.78 is 0. The Morgan fingerprint density at radius 2 is 2.30 bits per heavy atom. The number of hydrogen-bond acceptors (Lipinski definition) is 2. The van der Waals surface area contributed by atoms with Crippen LogP contribution in [0.15, 0.2) is 0 Å². The van der Waals surface area contributed by atoms with Crippen LogP contribution in [0.3, 0.4) is 0 Å². The highest BCUT2D eigenvalue weighted by Crippen LogP contribution is 2.28. The van der Waals surface area contributed by atoms with Crippen LogP contribution in [-0.4, -0.2) is 34.8 Å². The Morgan fingerprint density at radius 1 is 1.60 bits per heavy atom. The molecule has 2 fully saturated rings. The van der Waals surface area contributed by atoms with Crippen LogP contribution in [0.5, 0.6) is 0 Å². The minimum atomic E-state index is 0.741. The number of hydrogen-bond donors (Lipinski definition) is 1. The Morgan fingerprint density at radius 3 is 2.70 bits per heavy atom. The van der Waals surface area contributed by atoms with Crippen LogP contribution < -0.4 is 5.43 Å². The van der Waals surface area contributed by atoms with Gasteiger partial charge >= 0.3 is 0 Å². The van der Waals surface area contributed by atoms with E-state index < -0.39 is 0 Å². The van der Waals surface area contributed by atoms with Crippen LogP contribution in [0.2, 0.25) is 0 Å². The molecule has 1 saturated heterocycles. The van der Waals surface area contributed by atoms with Gasteiger partial charge in [0.25, 0.3) is 0 Å². The summed E-state index contributed by atoms with van der Waals surface area (Å²) in [7, 11) is 2.01. The second-order valence-electron chi connectivity index (χ2n) is 2.96. The summed E-state index contributed by atoms with van der Waals surface area (Å²) in [5.74, 6) is 0. The maximum absolute atomic E-state index is 5.11. The van der Waals surface area contributed by atoms with Crippen molar-refractivity contribution in [2.45, 2.75) is 18.9 Å². The lowest BCUT2D eigenvalue weighted by Gasteiger charge is -2.13. The molecular weight excluding hydrogens is 146 g/mol. The summed E-state index contributed by atoms with van der Waals surface area (Å²) >= 11 is 5.11. The Labute approximate surface area is 66.0 Å². The summed E-state index contributed by atoms with van der Waals surface area (Å²) in [4.78, 5) is 2.25. The predicted molar refractivity (Wildman–Crippen MR) is 43.2 cm³/mol. The maximum Gasteiger partial charge on any atom is 0.185 e. The standard InChI is InChI=1S/C6H11N3S/c1-8-4-9(5-2-3-5)6(10)7-8/h5H,2-4H2,1H3,(H,7,10). The van der Waals surface area contributed by atoms with E-state index in [0.717, 1.165) is 17.8 Å². The third-order valence-corrected chi connectivity index (χ3v) is 2.23. The van der Waals surface area contributed by atoms with Crippen LogP contribution in [-0.2, 0) is 0 Å². The third kappa shape index (κ3) is 0.973. The molecule has 1 saturated carbocycles. The van der Waals surface area contributed by atoms with Crippen LogP contribution in [0.4, 0.5) is 0 Å². The quantitative estimate of drug-likeness (QED) is 0.546. The highest BCUT2D eigenvalue weighted by molar-refractivity contribution is 7.80. The largest absolute Gasteiger partial charge is 0.331 e. The average Bonchev–Trinajstić information content (AvgIpc) is 2.61. The van der Waals surface area contributed by atoms with E-state index in [2.05, 4.69) is 10.3 Å². The molecule has 0 radical (unpaired) electrons. The number of rotatable bonds is 1. The molecule has 0 amide bonds. The monoisotopic (exact) mass is 157 g/mol. The van der Waals surface area contributed by atoms with Crippen molar-refractivity contribution in [3.63, 3.8) is 0 Å². The van der Waals surface area contributed by atoms with E-state index in [4.69, 9.17) is 12.2 Å². The molecule has 10 heavy (non-hydrogen) atoms. The van der Waals surface area contributed by atoms with Gasteiger partial charge in [0, 0.05) is 13.1 Å². The molecule has 3 nitrogen and oxygen atoms in total. The third-order valence-electron chi connectivity index (χ3n) is 1.90. The highest BCUT2D eigenvalue weighted by atomic mass is 32.1. The van der Waals surface area contributed by atoms with Gasteiger partial charge in [-0.05, 0) is 25.1 Å². The van der Waals surface area contributed by atoms with Gasteiger partial charge in [0.1, 0.15) is 0 Å². The van der Waals surface area contributed by atoms with Crippen LogP contribution in [0.25, 0.3) is 0 Å². The van der Waals surface area contributed by atoms with Crippen molar-refractivity contribution in [3.05, 3.63) is 0 Å². The first-order valence-corrected chi connectivity index (χ1v) is 3.96. The summed E-state index contributed by atoms with van der Waals surface area (Å²) in [6.45, 7) is 0.948. The summed E-state index contributed by atoms with van der Waals surface area (Å²) in [6, 6.07) is 0.741. The second-order valence-corrected chi connectivity index (χ2v) is 3.34. The van der Waals surface area contributed by atoms with E-state index in [0.29, 0.717) is 0 Å². The van der Waals surface area contributed by atoms with Gasteiger partial charge in [-0.15, -0.1) is 0 Å². The first-order chi connectivity index (χ1) is 4.77. The zero-order valence-corrected chi connectivity index (χ0v) is 6.82. The van der Waals surface area contributed by atoms with Gasteiger partial charge in [0.15, 0.2) is 5.11 Å². The van der Waals surface area contributed by atoms with Gasteiger partial charge in [0.05, 0.1) is 6.67 Å². The van der Waals surface area contributed by atoms with Gasteiger partial charge in [-0.3, -0.25) is 5.43 Å². The minimum Gasteiger partial charge on any atom is -0.331 e. The Bertz CT molecular complexity index is 166. The Kier molecular flexibility index (Phi) is 1.32. The van der Waals surface area contributed by atoms with Gasteiger partial charge < -0.3 is 4.90 Å². The molecule has 2 rings (SSSR count). The molecule has 0 aromatic heterocycles. The van der Waals surface area contributed by atoms with Crippen molar-refractivity contribution in [1.82, 2.24) is 15.3 Å². The fourth-order valence-electron chi connectivity index (χ4n) is 1.22. The summed E-state index contributed by atoms with van der Waals surface area (Å²) in [5, 5.41) is 2.91. The number of nitrogens with one attached hydrogen (secondary N) is 1. The molecule has 0 unspecified atom stereocenters. The number of thiocarbonyl (C=S) groups is 1. The predicted octanol–water partition coefficient (Wildman–Crippen LogP) is 0.143. The van der Waals surface area contributed by atoms with Gasteiger partial charge in [-0.25, -0.2) is 5.01 Å². The number of nitrogens with zero attached hydrogens (tertiary/aromatic N) is 2. The van der Waals surface area contributed by atoms with Crippen LogP contribution in [0, 0.1) is 0 Å². The van der Waals surface area contributed by atoms with Crippen molar-refractivity contribution in [2.24, 2.45) is 0 Å². The molecule has 1 aliphatic heterocycles. The molecule has 0 atom stereocenters. The molecule has 1 heterocycles. The SMILES string of the molecule is CN1CN(C2CC2)C(=S)N1. The van der Waals surface area contributed by atoms with Crippen molar-refractivity contribution >= 4 is 17.3 Å². The molecule has 4 heteroatoms. The second kappa shape index (κ2) is 2.07. The molecule has 1 aliphatic carbocycles. The molecule has 2 aliphatic rings. The highest BCUT2D eigenvalue weighted by Gasteiger charge is 2.34. The lowest BCUT2D eigenvalue weighted by molar-refractivity contribution is 0.260. The molecule has 0 aromatic carbocycles. The van der Waals surface area contributed by atoms with Gasteiger partial charge in [0.2, 0.25) is 0 Å². The molecule has 1 N–H and O–H groups in total.